The Labute approximate surface area is 172 Å². The second kappa shape index (κ2) is 7.18. The largest absolute Gasteiger partial charge is 0.320 e. The van der Waals surface area contributed by atoms with Crippen molar-refractivity contribution in [3.05, 3.63) is 102 Å². The maximum atomic E-state index is 12.9. The van der Waals surface area contributed by atoms with Gasteiger partial charge < -0.3 is 5.32 Å². The zero-order valence-corrected chi connectivity index (χ0v) is 15.9. The summed E-state index contributed by atoms with van der Waals surface area (Å²) < 4.78 is 3.59. The molecule has 3 aromatic heterocycles. The average Bonchev–Trinajstić information content (AvgIpc) is 3.39. The van der Waals surface area contributed by atoms with Gasteiger partial charge in [-0.25, -0.2) is 9.83 Å². The summed E-state index contributed by atoms with van der Waals surface area (Å²) in [6, 6.07) is 19.2. The van der Waals surface area contributed by atoms with Crippen LogP contribution in [-0.2, 0) is 6.54 Å². The van der Waals surface area contributed by atoms with Gasteiger partial charge in [0.25, 0.3) is 5.91 Å². The summed E-state index contributed by atoms with van der Waals surface area (Å²) in [5.41, 5.74) is 4.22. The van der Waals surface area contributed by atoms with Crippen LogP contribution in [0.1, 0.15) is 16.1 Å². The van der Waals surface area contributed by atoms with Crippen molar-refractivity contribution in [3.8, 4) is 0 Å². The first-order chi connectivity index (χ1) is 14.7. The molecule has 7 heteroatoms. The summed E-state index contributed by atoms with van der Waals surface area (Å²) in [5, 5.41) is 8.35. The maximum absolute atomic E-state index is 12.9. The Morgan fingerprint density at radius 1 is 1.07 bits per heavy atom. The van der Waals surface area contributed by atoms with Crippen LogP contribution in [0.15, 0.2) is 79.3 Å². The molecule has 0 fully saturated rings. The first-order valence-electron chi connectivity index (χ1n) is 9.37. The molecular formula is C23H16N6O. The van der Waals surface area contributed by atoms with Gasteiger partial charge in [-0.2, -0.15) is 5.10 Å². The summed E-state index contributed by atoms with van der Waals surface area (Å²) in [6.07, 6.45) is 4.96. The SMILES string of the molecule is [C-]#[N+]c1ccn2c(C(=O)Nc3cccc4c3cnn4Cc3ccccc3)cnc2c1. The zero-order valence-electron chi connectivity index (χ0n) is 15.9. The Morgan fingerprint density at radius 2 is 1.93 bits per heavy atom. The third kappa shape index (κ3) is 3.06. The second-order valence-corrected chi connectivity index (χ2v) is 6.85. The highest BCUT2D eigenvalue weighted by Gasteiger charge is 2.15. The van der Waals surface area contributed by atoms with Gasteiger partial charge in [-0.3, -0.25) is 13.9 Å². The molecule has 0 radical (unpaired) electrons. The summed E-state index contributed by atoms with van der Waals surface area (Å²) in [7, 11) is 0. The molecule has 5 aromatic rings. The molecule has 1 amide bonds. The van der Waals surface area contributed by atoms with Gasteiger partial charge in [-0.1, -0.05) is 36.4 Å². The average molecular weight is 392 g/mol. The van der Waals surface area contributed by atoms with E-state index in [-0.39, 0.29) is 5.91 Å². The second-order valence-electron chi connectivity index (χ2n) is 6.85. The third-order valence-electron chi connectivity index (χ3n) is 4.97. The van der Waals surface area contributed by atoms with Gasteiger partial charge in [0.05, 0.1) is 36.7 Å². The monoisotopic (exact) mass is 392 g/mol. The van der Waals surface area contributed by atoms with Crippen molar-refractivity contribution in [1.29, 1.82) is 0 Å². The third-order valence-corrected chi connectivity index (χ3v) is 4.97. The Hall–Kier alpha value is -4.44. The number of nitrogens with one attached hydrogen (secondary N) is 1. The molecule has 7 nitrogen and oxygen atoms in total. The van der Waals surface area contributed by atoms with Crippen LogP contribution in [-0.4, -0.2) is 25.1 Å². The van der Waals surface area contributed by atoms with E-state index >= 15 is 0 Å². The lowest BCUT2D eigenvalue weighted by Gasteiger charge is -2.08. The predicted octanol–water partition coefficient (Wildman–Crippen LogP) is 4.54. The van der Waals surface area contributed by atoms with Crippen molar-refractivity contribution in [2.75, 3.05) is 5.32 Å². The minimum absolute atomic E-state index is 0.277. The van der Waals surface area contributed by atoms with E-state index in [9.17, 15) is 4.79 Å². The lowest BCUT2D eigenvalue weighted by Crippen LogP contribution is -2.14. The first-order valence-corrected chi connectivity index (χ1v) is 9.37. The van der Waals surface area contributed by atoms with Crippen LogP contribution >= 0.6 is 0 Å². The molecule has 3 heterocycles. The molecule has 0 aliphatic heterocycles. The number of fused-ring (bicyclic) bond motifs is 2. The maximum Gasteiger partial charge on any atom is 0.274 e. The molecule has 2 aromatic carbocycles. The van der Waals surface area contributed by atoms with E-state index in [4.69, 9.17) is 6.57 Å². The summed E-state index contributed by atoms with van der Waals surface area (Å²) in [6.45, 7) is 7.76. The normalized spacial score (nSPS) is 10.9. The molecule has 144 valence electrons. The van der Waals surface area contributed by atoms with E-state index in [1.165, 1.54) is 6.20 Å². The van der Waals surface area contributed by atoms with Crippen LogP contribution in [0.25, 0.3) is 21.4 Å². The fourth-order valence-corrected chi connectivity index (χ4v) is 3.49. The fourth-order valence-electron chi connectivity index (χ4n) is 3.49. The van der Waals surface area contributed by atoms with Crippen LogP contribution in [0.5, 0.6) is 0 Å². The minimum atomic E-state index is -0.277. The van der Waals surface area contributed by atoms with Crippen molar-refractivity contribution in [2.45, 2.75) is 6.54 Å². The fraction of sp³-hybridized carbons (Fsp3) is 0.0435. The number of carbonyl (C=O) groups excluding carboxylic acids is 1. The molecule has 5 rings (SSSR count). The Kier molecular flexibility index (Phi) is 4.23. The van der Waals surface area contributed by atoms with Gasteiger partial charge in [0.1, 0.15) is 11.3 Å². The minimum Gasteiger partial charge on any atom is -0.320 e. The van der Waals surface area contributed by atoms with Gasteiger partial charge in [-0.15, -0.1) is 0 Å². The highest BCUT2D eigenvalue weighted by atomic mass is 16.1. The molecule has 1 N–H and O–H groups in total. The van der Waals surface area contributed by atoms with Gasteiger partial charge in [0.15, 0.2) is 5.69 Å². The van der Waals surface area contributed by atoms with Crippen LogP contribution in [0, 0.1) is 6.57 Å². The van der Waals surface area contributed by atoms with Crippen LogP contribution in [0.2, 0.25) is 0 Å². The van der Waals surface area contributed by atoms with Crippen molar-refractivity contribution < 1.29 is 4.79 Å². The first kappa shape index (κ1) is 17.6. The van der Waals surface area contributed by atoms with Crippen molar-refractivity contribution in [3.63, 3.8) is 0 Å². The predicted molar refractivity (Wildman–Crippen MR) is 115 cm³/mol. The van der Waals surface area contributed by atoms with E-state index < -0.39 is 0 Å². The standard InChI is InChI=1S/C23H16N6O/c1-24-17-10-11-28-21(14-25-22(28)12-17)23(30)27-19-8-5-9-20-18(19)13-26-29(20)15-16-6-3-2-4-7-16/h2-14H,15H2,(H,27,30). The molecule has 0 aliphatic rings. The highest BCUT2D eigenvalue weighted by Crippen LogP contribution is 2.25. The van der Waals surface area contributed by atoms with Gasteiger partial charge in [0, 0.05) is 11.6 Å². The van der Waals surface area contributed by atoms with Gasteiger partial charge in [0.2, 0.25) is 0 Å². The number of aromatic nitrogens is 4. The van der Waals surface area contributed by atoms with E-state index in [0.717, 1.165) is 16.5 Å². The molecule has 30 heavy (non-hydrogen) atoms. The number of nitrogens with zero attached hydrogens (tertiary/aromatic N) is 5. The van der Waals surface area contributed by atoms with Gasteiger partial charge >= 0.3 is 0 Å². The number of anilines is 1. The van der Waals surface area contributed by atoms with E-state index in [0.29, 0.717) is 29.3 Å². The van der Waals surface area contributed by atoms with Crippen molar-refractivity contribution >= 4 is 33.8 Å². The number of hydrogen-bond donors (Lipinski definition) is 1. The van der Waals surface area contributed by atoms with Gasteiger partial charge in [-0.05, 0) is 29.8 Å². The molecule has 0 spiro atoms. The number of imidazole rings is 1. The Morgan fingerprint density at radius 3 is 2.77 bits per heavy atom. The van der Waals surface area contributed by atoms with Crippen molar-refractivity contribution in [1.82, 2.24) is 19.2 Å². The summed E-state index contributed by atoms with van der Waals surface area (Å²) in [4.78, 5) is 20.6. The topological polar surface area (TPSA) is 68.6 Å². The van der Waals surface area contributed by atoms with Crippen LogP contribution in [0.3, 0.4) is 0 Å². The Balaban J connectivity index is 1.46. The van der Waals surface area contributed by atoms with E-state index in [1.54, 1.807) is 28.9 Å². The molecule has 0 saturated carbocycles. The number of carbonyl (C=O) groups is 1. The molecule has 0 bridgehead atoms. The number of rotatable bonds is 4. The summed E-state index contributed by atoms with van der Waals surface area (Å²) in [5.74, 6) is -0.277. The number of pyridine rings is 1. The number of benzene rings is 2. The van der Waals surface area contributed by atoms with E-state index in [1.807, 2.05) is 41.1 Å². The highest BCUT2D eigenvalue weighted by molar-refractivity contribution is 6.08. The lowest BCUT2D eigenvalue weighted by molar-refractivity contribution is 0.102. The van der Waals surface area contributed by atoms with Crippen LogP contribution < -0.4 is 5.32 Å². The summed E-state index contributed by atoms with van der Waals surface area (Å²) >= 11 is 0. The quantitative estimate of drug-likeness (QED) is 0.457. The lowest BCUT2D eigenvalue weighted by atomic mass is 10.2. The van der Waals surface area contributed by atoms with Crippen molar-refractivity contribution in [2.24, 2.45) is 0 Å². The van der Waals surface area contributed by atoms with E-state index in [2.05, 4.69) is 32.4 Å². The molecule has 0 saturated heterocycles. The molecule has 0 aliphatic carbocycles. The smallest absolute Gasteiger partial charge is 0.274 e. The number of hydrogen-bond acceptors (Lipinski definition) is 3. The molecular weight excluding hydrogens is 376 g/mol. The Bertz CT molecular complexity index is 1420. The molecule has 0 unspecified atom stereocenters. The van der Waals surface area contributed by atoms with Crippen LogP contribution in [0.4, 0.5) is 11.4 Å². The molecule has 0 atom stereocenters. The number of amides is 1. The zero-order chi connectivity index (χ0) is 20.5.